The van der Waals surface area contributed by atoms with E-state index < -0.39 is 12.0 Å². The van der Waals surface area contributed by atoms with Crippen LogP contribution in [0.15, 0.2) is 24.3 Å². The summed E-state index contributed by atoms with van der Waals surface area (Å²) in [5.41, 5.74) is 2.77. The summed E-state index contributed by atoms with van der Waals surface area (Å²) in [5, 5.41) is 11.2. The predicted octanol–water partition coefficient (Wildman–Crippen LogP) is 4.63. The van der Waals surface area contributed by atoms with Crippen molar-refractivity contribution in [1.82, 2.24) is 0 Å². The number of hydrogen-bond acceptors (Lipinski definition) is 6. The lowest BCUT2D eigenvalue weighted by Gasteiger charge is -2.28. The number of unbranched alkanes of at least 4 members (excludes halogenated alkanes) is 2. The molecule has 1 N–H and O–H groups in total. The Balaban J connectivity index is 2.59. The first-order chi connectivity index (χ1) is 14.8. The number of aliphatic hydroxyl groups excluding tert-OH is 1. The minimum atomic E-state index is -0.847. The van der Waals surface area contributed by atoms with E-state index in [1.807, 2.05) is 19.1 Å². The molecular weight excluding hydrogens is 396 g/mol. The molecule has 1 saturated carbocycles. The molecule has 174 valence electrons. The number of aryl methyl sites for hydroxylation is 1. The molecule has 1 aliphatic carbocycles. The molecule has 6 heteroatoms. The van der Waals surface area contributed by atoms with Gasteiger partial charge in [0.2, 0.25) is 0 Å². The van der Waals surface area contributed by atoms with E-state index in [1.54, 1.807) is 14.2 Å². The number of carbonyl (C=O) groups is 1. The number of ether oxygens (including phenoxy) is 4. The molecule has 0 heterocycles. The molecule has 0 radical (unpaired) electrons. The lowest BCUT2D eigenvalue weighted by molar-refractivity contribution is -0.123. The summed E-state index contributed by atoms with van der Waals surface area (Å²) in [6.07, 6.45) is 3.95. The second-order valence-corrected chi connectivity index (χ2v) is 8.49. The molecule has 0 bridgehead atoms. The molecular formula is C25H38O6. The summed E-state index contributed by atoms with van der Waals surface area (Å²) in [5.74, 6) is 0.333. The van der Waals surface area contributed by atoms with Gasteiger partial charge in [-0.25, -0.2) is 0 Å². The molecule has 1 aromatic rings. The van der Waals surface area contributed by atoms with Crippen molar-refractivity contribution in [1.29, 1.82) is 0 Å². The van der Waals surface area contributed by atoms with Crippen LogP contribution in [0.3, 0.4) is 0 Å². The lowest BCUT2D eigenvalue weighted by atomic mass is 9.82. The monoisotopic (exact) mass is 434 g/mol. The van der Waals surface area contributed by atoms with Gasteiger partial charge in [-0.3, -0.25) is 4.79 Å². The van der Waals surface area contributed by atoms with Gasteiger partial charge in [-0.15, -0.1) is 0 Å². The van der Waals surface area contributed by atoms with E-state index in [4.69, 9.17) is 18.9 Å². The lowest BCUT2D eigenvalue weighted by Crippen LogP contribution is -2.26. The van der Waals surface area contributed by atoms with Crippen molar-refractivity contribution in [3.8, 4) is 11.5 Å². The standard InChI is InChI=1S/C25H38O6/c1-7-8-9-10-18-11-21(30-14-28-5)24(22(12-18)31-15-29-6)23-19(16(2)3)13-20(17(4)26)25(23)27/h11-12,19-20,23,25,27H,2,7-10,13-15H2,1,3-6H3/t19-,20-,23+,25-/m0/s1. The molecule has 1 fully saturated rings. The maximum absolute atomic E-state index is 12.2. The van der Waals surface area contributed by atoms with Gasteiger partial charge in [-0.2, -0.15) is 0 Å². The van der Waals surface area contributed by atoms with E-state index in [0.717, 1.165) is 42.4 Å². The van der Waals surface area contributed by atoms with Crippen molar-refractivity contribution in [3.63, 3.8) is 0 Å². The van der Waals surface area contributed by atoms with Gasteiger partial charge in [0.1, 0.15) is 17.3 Å². The second kappa shape index (κ2) is 12.2. The quantitative estimate of drug-likeness (QED) is 0.277. The Labute approximate surface area is 186 Å². The molecule has 0 spiro atoms. The topological polar surface area (TPSA) is 74.2 Å². The highest BCUT2D eigenvalue weighted by atomic mass is 16.7. The number of rotatable bonds is 13. The zero-order valence-electron chi connectivity index (χ0n) is 19.6. The van der Waals surface area contributed by atoms with E-state index in [1.165, 1.54) is 6.92 Å². The summed E-state index contributed by atoms with van der Waals surface area (Å²) in [6.45, 7) is 9.94. The first-order valence-electron chi connectivity index (χ1n) is 11.1. The Kier molecular flexibility index (Phi) is 10.0. The molecule has 4 atom stereocenters. The predicted molar refractivity (Wildman–Crippen MR) is 121 cm³/mol. The highest BCUT2D eigenvalue weighted by molar-refractivity contribution is 5.80. The first kappa shape index (κ1) is 25.4. The maximum atomic E-state index is 12.2. The Bertz CT molecular complexity index is 715. The van der Waals surface area contributed by atoms with E-state index in [9.17, 15) is 9.90 Å². The Morgan fingerprint density at radius 3 is 2.10 bits per heavy atom. The first-order valence-corrected chi connectivity index (χ1v) is 11.1. The Morgan fingerprint density at radius 2 is 1.65 bits per heavy atom. The van der Waals surface area contributed by atoms with Crippen LogP contribution in [0.2, 0.25) is 0 Å². The normalized spacial score (nSPS) is 23.0. The van der Waals surface area contributed by atoms with Crippen molar-refractivity contribution in [2.24, 2.45) is 11.8 Å². The van der Waals surface area contributed by atoms with Gasteiger partial charge in [0.05, 0.1) is 6.10 Å². The number of Topliss-reactive ketones (excluding diaryl/α,β-unsaturated/α-hetero) is 1. The van der Waals surface area contributed by atoms with Crippen molar-refractivity contribution in [2.75, 3.05) is 27.8 Å². The molecule has 0 aromatic heterocycles. The van der Waals surface area contributed by atoms with Crippen molar-refractivity contribution >= 4 is 5.78 Å². The number of allylic oxidation sites excluding steroid dienone is 1. The molecule has 31 heavy (non-hydrogen) atoms. The zero-order chi connectivity index (χ0) is 23.0. The van der Waals surface area contributed by atoms with Crippen molar-refractivity contribution in [3.05, 3.63) is 35.4 Å². The number of hydrogen-bond donors (Lipinski definition) is 1. The molecule has 0 unspecified atom stereocenters. The number of ketones is 1. The summed E-state index contributed by atoms with van der Waals surface area (Å²) in [6, 6.07) is 4.01. The number of carbonyl (C=O) groups excluding carboxylic acids is 1. The molecule has 1 aromatic carbocycles. The highest BCUT2D eigenvalue weighted by Crippen LogP contribution is 2.52. The molecule has 0 amide bonds. The molecule has 1 aliphatic rings. The third kappa shape index (κ3) is 6.31. The van der Waals surface area contributed by atoms with E-state index >= 15 is 0 Å². The summed E-state index contributed by atoms with van der Waals surface area (Å²) in [4.78, 5) is 12.2. The van der Waals surface area contributed by atoms with Gasteiger partial charge in [0.25, 0.3) is 0 Å². The summed E-state index contributed by atoms with van der Waals surface area (Å²) in [7, 11) is 3.14. The Hall–Kier alpha value is -1.89. The van der Waals surface area contributed by atoms with Gasteiger partial charge in [0, 0.05) is 31.6 Å². The van der Waals surface area contributed by atoms with Crippen molar-refractivity contribution in [2.45, 2.75) is 64.9 Å². The van der Waals surface area contributed by atoms with E-state index in [2.05, 4.69) is 13.5 Å². The molecule has 0 saturated heterocycles. The van der Waals surface area contributed by atoms with Crippen LogP contribution in [-0.2, 0) is 20.7 Å². The van der Waals surface area contributed by atoms with Gasteiger partial charge in [-0.1, -0.05) is 31.9 Å². The van der Waals surface area contributed by atoms with E-state index in [0.29, 0.717) is 17.9 Å². The SMILES string of the molecule is C=C(C)[C@@H]1C[C@@H](C(C)=O)[C@H](O)[C@H]1c1c(OCOC)cc(CCCCC)cc1OCOC. The van der Waals surface area contributed by atoms with Crippen molar-refractivity contribution < 1.29 is 28.8 Å². The smallest absolute Gasteiger partial charge is 0.188 e. The average Bonchev–Trinajstić information content (AvgIpc) is 3.08. The van der Waals surface area contributed by atoms with Gasteiger partial charge >= 0.3 is 0 Å². The number of benzene rings is 1. The average molecular weight is 435 g/mol. The Morgan fingerprint density at radius 1 is 1.06 bits per heavy atom. The summed E-state index contributed by atoms with van der Waals surface area (Å²) >= 11 is 0. The fraction of sp³-hybridized carbons (Fsp3) is 0.640. The van der Waals surface area contributed by atoms with Crippen LogP contribution in [0.25, 0.3) is 0 Å². The van der Waals surface area contributed by atoms with E-state index in [-0.39, 0.29) is 31.2 Å². The van der Waals surface area contributed by atoms with Gasteiger partial charge in [0.15, 0.2) is 13.6 Å². The largest absolute Gasteiger partial charge is 0.467 e. The minimum Gasteiger partial charge on any atom is -0.467 e. The highest BCUT2D eigenvalue weighted by Gasteiger charge is 2.47. The zero-order valence-corrected chi connectivity index (χ0v) is 19.6. The van der Waals surface area contributed by atoms with Gasteiger partial charge < -0.3 is 24.1 Å². The molecule has 2 rings (SSSR count). The van der Waals surface area contributed by atoms with Gasteiger partial charge in [-0.05, 0) is 56.7 Å². The van der Waals surface area contributed by atoms with Crippen LogP contribution in [0.5, 0.6) is 11.5 Å². The van der Waals surface area contributed by atoms with Crippen LogP contribution < -0.4 is 9.47 Å². The van der Waals surface area contributed by atoms with Crippen LogP contribution in [0.1, 0.15) is 63.5 Å². The second-order valence-electron chi connectivity index (χ2n) is 8.49. The summed E-state index contributed by atoms with van der Waals surface area (Å²) < 4.78 is 22.3. The van der Waals surface area contributed by atoms with Crippen LogP contribution >= 0.6 is 0 Å². The number of methoxy groups -OCH3 is 2. The fourth-order valence-electron chi connectivity index (χ4n) is 4.53. The third-order valence-electron chi connectivity index (χ3n) is 6.11. The van der Waals surface area contributed by atoms with Crippen LogP contribution in [-0.4, -0.2) is 44.8 Å². The minimum absolute atomic E-state index is 0.0174. The maximum Gasteiger partial charge on any atom is 0.188 e. The van der Waals surface area contributed by atoms with Crippen LogP contribution in [0.4, 0.5) is 0 Å². The fourth-order valence-corrected chi connectivity index (χ4v) is 4.53. The molecule has 6 nitrogen and oxygen atoms in total. The molecule has 0 aliphatic heterocycles. The van der Waals surface area contributed by atoms with Crippen LogP contribution in [0, 0.1) is 11.8 Å². The number of aliphatic hydroxyl groups is 1. The third-order valence-corrected chi connectivity index (χ3v) is 6.11.